The van der Waals surface area contributed by atoms with Crippen LogP contribution in [0, 0.1) is 0 Å². The van der Waals surface area contributed by atoms with E-state index in [2.05, 4.69) is 5.32 Å². The molecule has 1 aliphatic heterocycles. The fourth-order valence-electron chi connectivity index (χ4n) is 2.59. The molecule has 2 aromatic rings. The topological polar surface area (TPSA) is 58.6 Å². The highest BCUT2D eigenvalue weighted by Crippen LogP contribution is 2.11. The minimum absolute atomic E-state index is 0.198. The number of rotatable bonds is 4. The molecule has 0 saturated carbocycles. The lowest BCUT2D eigenvalue weighted by Crippen LogP contribution is -2.44. The molecule has 1 N–H and O–H groups in total. The minimum atomic E-state index is -0.301. The van der Waals surface area contributed by atoms with Crippen molar-refractivity contribution >= 4 is 17.9 Å². The van der Waals surface area contributed by atoms with Gasteiger partial charge in [-0.2, -0.15) is 0 Å². The third-order valence-electron chi connectivity index (χ3n) is 3.92. The lowest BCUT2D eigenvalue weighted by molar-refractivity contribution is -0.131. The van der Waals surface area contributed by atoms with Crippen LogP contribution in [0.5, 0.6) is 0 Å². The van der Waals surface area contributed by atoms with Crippen molar-refractivity contribution in [2.75, 3.05) is 26.3 Å². The molecular weight excluding hydrogens is 316 g/mol. The maximum absolute atomic E-state index is 12.9. The Bertz CT molecular complexity index is 751. The zero-order valence-electron chi connectivity index (χ0n) is 13.9. The van der Waals surface area contributed by atoms with Gasteiger partial charge in [-0.25, -0.2) is 0 Å². The highest BCUT2D eigenvalue weighted by Gasteiger charge is 2.22. The molecule has 2 amide bonds. The Balaban J connectivity index is 1.85. The number of hydrogen-bond donors (Lipinski definition) is 1. The molecule has 3 rings (SSSR count). The normalized spacial score (nSPS) is 14.9. The summed E-state index contributed by atoms with van der Waals surface area (Å²) >= 11 is 0. The van der Waals surface area contributed by atoms with E-state index in [9.17, 15) is 9.59 Å². The summed E-state index contributed by atoms with van der Waals surface area (Å²) in [6, 6.07) is 18.3. The average Bonchev–Trinajstić information content (AvgIpc) is 2.69. The van der Waals surface area contributed by atoms with Gasteiger partial charge in [-0.1, -0.05) is 48.5 Å². The zero-order chi connectivity index (χ0) is 17.5. The summed E-state index contributed by atoms with van der Waals surface area (Å²) in [5.74, 6) is -0.499. The molecule has 1 fully saturated rings. The van der Waals surface area contributed by atoms with Crippen LogP contribution in [0.1, 0.15) is 15.9 Å². The highest BCUT2D eigenvalue weighted by atomic mass is 16.5. The average molecular weight is 336 g/mol. The second-order valence-electron chi connectivity index (χ2n) is 5.69. The maximum atomic E-state index is 12.9. The first-order valence-electron chi connectivity index (χ1n) is 8.24. The molecule has 1 aliphatic rings. The SMILES string of the molecule is O=C(N/C(=C\c1ccccc1)C(=O)N1CCOCC1)c1ccccc1. The first kappa shape index (κ1) is 16.9. The lowest BCUT2D eigenvalue weighted by atomic mass is 10.1. The van der Waals surface area contributed by atoms with Gasteiger partial charge in [0, 0.05) is 18.7 Å². The number of benzene rings is 2. The number of carbonyl (C=O) groups excluding carboxylic acids is 2. The molecule has 25 heavy (non-hydrogen) atoms. The van der Waals surface area contributed by atoms with Gasteiger partial charge in [0.1, 0.15) is 5.70 Å². The number of hydrogen-bond acceptors (Lipinski definition) is 3. The van der Waals surface area contributed by atoms with Crippen LogP contribution in [0.25, 0.3) is 6.08 Å². The largest absolute Gasteiger partial charge is 0.378 e. The number of nitrogens with one attached hydrogen (secondary N) is 1. The zero-order valence-corrected chi connectivity index (χ0v) is 13.9. The van der Waals surface area contributed by atoms with Crippen LogP contribution in [0.4, 0.5) is 0 Å². The molecule has 2 aromatic carbocycles. The lowest BCUT2D eigenvalue weighted by Gasteiger charge is -2.27. The first-order chi connectivity index (χ1) is 12.2. The molecule has 1 heterocycles. The van der Waals surface area contributed by atoms with E-state index in [0.29, 0.717) is 31.9 Å². The standard InChI is InChI=1S/C20H20N2O3/c23-19(17-9-5-2-6-10-17)21-18(15-16-7-3-1-4-8-16)20(24)22-11-13-25-14-12-22/h1-10,15H,11-14H2,(H,21,23)/b18-15-. The molecule has 0 atom stereocenters. The van der Waals surface area contributed by atoms with Crippen molar-refractivity contribution < 1.29 is 14.3 Å². The van der Waals surface area contributed by atoms with Gasteiger partial charge in [0.15, 0.2) is 0 Å². The Morgan fingerprint density at radius 1 is 0.920 bits per heavy atom. The van der Waals surface area contributed by atoms with Crippen LogP contribution in [-0.4, -0.2) is 43.0 Å². The van der Waals surface area contributed by atoms with Crippen LogP contribution >= 0.6 is 0 Å². The van der Waals surface area contributed by atoms with Crippen molar-refractivity contribution in [2.45, 2.75) is 0 Å². The number of nitrogens with zero attached hydrogens (tertiary/aromatic N) is 1. The van der Waals surface area contributed by atoms with Crippen molar-refractivity contribution in [3.63, 3.8) is 0 Å². The Morgan fingerprint density at radius 3 is 2.16 bits per heavy atom. The van der Waals surface area contributed by atoms with Gasteiger partial charge in [-0.05, 0) is 23.8 Å². The Hall–Kier alpha value is -2.92. The van der Waals surface area contributed by atoms with Crippen LogP contribution in [0.3, 0.4) is 0 Å². The summed E-state index contributed by atoms with van der Waals surface area (Å²) in [7, 11) is 0. The quantitative estimate of drug-likeness (QED) is 0.872. The van der Waals surface area contributed by atoms with Gasteiger partial charge < -0.3 is 15.0 Å². The van der Waals surface area contributed by atoms with Crippen LogP contribution in [0.15, 0.2) is 66.4 Å². The summed E-state index contributed by atoms with van der Waals surface area (Å²) in [5, 5.41) is 2.77. The monoisotopic (exact) mass is 336 g/mol. The van der Waals surface area contributed by atoms with E-state index in [1.54, 1.807) is 35.2 Å². The van der Waals surface area contributed by atoms with Crippen LogP contribution in [0.2, 0.25) is 0 Å². The summed E-state index contributed by atoms with van der Waals surface area (Å²) in [5.41, 5.74) is 1.63. The fourth-order valence-corrected chi connectivity index (χ4v) is 2.59. The third kappa shape index (κ3) is 4.55. The predicted molar refractivity (Wildman–Crippen MR) is 95.7 cm³/mol. The molecule has 0 spiro atoms. The molecule has 0 aromatic heterocycles. The first-order valence-corrected chi connectivity index (χ1v) is 8.24. The molecular formula is C20H20N2O3. The van der Waals surface area contributed by atoms with E-state index in [4.69, 9.17) is 4.74 Å². The second-order valence-corrected chi connectivity index (χ2v) is 5.69. The number of morpholine rings is 1. The van der Waals surface area contributed by atoms with Gasteiger partial charge in [-0.15, -0.1) is 0 Å². The van der Waals surface area contributed by atoms with Crippen molar-refractivity contribution in [3.05, 3.63) is 77.5 Å². The number of ether oxygens (including phenoxy) is 1. The predicted octanol–water partition coefficient (Wildman–Crippen LogP) is 2.32. The number of carbonyl (C=O) groups is 2. The maximum Gasteiger partial charge on any atom is 0.270 e. The van der Waals surface area contributed by atoms with Gasteiger partial charge >= 0.3 is 0 Å². The minimum Gasteiger partial charge on any atom is -0.378 e. The van der Waals surface area contributed by atoms with Gasteiger partial charge in [0.05, 0.1) is 13.2 Å². The van der Waals surface area contributed by atoms with E-state index in [0.717, 1.165) is 5.56 Å². The summed E-state index contributed by atoms with van der Waals surface area (Å²) in [4.78, 5) is 27.0. The third-order valence-corrected chi connectivity index (χ3v) is 3.92. The van der Waals surface area contributed by atoms with E-state index < -0.39 is 0 Å². The Kier molecular flexibility index (Phi) is 5.59. The van der Waals surface area contributed by atoms with E-state index >= 15 is 0 Å². The Morgan fingerprint density at radius 2 is 1.52 bits per heavy atom. The highest BCUT2D eigenvalue weighted by molar-refractivity contribution is 6.05. The molecule has 0 bridgehead atoms. The van der Waals surface area contributed by atoms with Crippen molar-refractivity contribution in [1.82, 2.24) is 10.2 Å². The van der Waals surface area contributed by atoms with E-state index in [1.165, 1.54) is 0 Å². The van der Waals surface area contributed by atoms with Crippen LogP contribution in [-0.2, 0) is 9.53 Å². The number of amides is 2. The molecule has 5 nitrogen and oxygen atoms in total. The molecule has 5 heteroatoms. The van der Waals surface area contributed by atoms with Gasteiger partial charge in [-0.3, -0.25) is 9.59 Å². The molecule has 0 aliphatic carbocycles. The van der Waals surface area contributed by atoms with E-state index in [1.807, 2.05) is 36.4 Å². The summed E-state index contributed by atoms with van der Waals surface area (Å²) in [6.07, 6.45) is 1.71. The summed E-state index contributed by atoms with van der Waals surface area (Å²) < 4.78 is 5.30. The Labute approximate surface area is 146 Å². The van der Waals surface area contributed by atoms with Gasteiger partial charge in [0.2, 0.25) is 0 Å². The van der Waals surface area contributed by atoms with Crippen LogP contribution < -0.4 is 5.32 Å². The summed E-state index contributed by atoms with van der Waals surface area (Å²) in [6.45, 7) is 2.06. The fraction of sp³-hybridized carbons (Fsp3) is 0.200. The molecule has 0 unspecified atom stereocenters. The molecule has 128 valence electrons. The van der Waals surface area contributed by atoms with Crippen molar-refractivity contribution in [1.29, 1.82) is 0 Å². The van der Waals surface area contributed by atoms with Crippen molar-refractivity contribution in [3.8, 4) is 0 Å². The smallest absolute Gasteiger partial charge is 0.270 e. The van der Waals surface area contributed by atoms with Gasteiger partial charge in [0.25, 0.3) is 11.8 Å². The van der Waals surface area contributed by atoms with Crippen molar-refractivity contribution in [2.24, 2.45) is 0 Å². The second kappa shape index (κ2) is 8.26. The van der Waals surface area contributed by atoms with E-state index in [-0.39, 0.29) is 17.5 Å². The molecule has 0 radical (unpaired) electrons. The molecule has 1 saturated heterocycles.